The topological polar surface area (TPSA) is 36.7 Å². The van der Waals surface area contributed by atoms with E-state index in [4.69, 9.17) is 5.26 Å². The first kappa shape index (κ1) is 11.1. The Morgan fingerprint density at radius 3 is 3.07 bits per heavy atom. The molecule has 1 heterocycles. The van der Waals surface area contributed by atoms with Crippen molar-refractivity contribution in [3.8, 4) is 6.07 Å². The summed E-state index contributed by atoms with van der Waals surface area (Å²) in [6.07, 6.45) is 2.89. The molecule has 1 atom stereocenters. The lowest BCUT2D eigenvalue weighted by atomic mass is 10.2. The van der Waals surface area contributed by atoms with Crippen molar-refractivity contribution >= 4 is 11.8 Å². The Balaban J connectivity index is 2.55. The smallest absolute Gasteiger partial charge is 0.141 e. The molecule has 0 fully saturated rings. The van der Waals surface area contributed by atoms with E-state index < -0.39 is 0 Å². The second-order valence-electron chi connectivity index (χ2n) is 3.31. The fourth-order valence-corrected chi connectivity index (χ4v) is 1.98. The summed E-state index contributed by atoms with van der Waals surface area (Å²) in [5.74, 6) is 1.82. The maximum Gasteiger partial charge on any atom is 0.141 e. The van der Waals surface area contributed by atoms with Crippen molar-refractivity contribution in [2.75, 3.05) is 5.75 Å². The van der Waals surface area contributed by atoms with E-state index >= 15 is 0 Å². The first-order valence-corrected chi connectivity index (χ1v) is 5.73. The van der Waals surface area contributed by atoms with Crippen molar-refractivity contribution in [1.82, 2.24) is 4.98 Å². The van der Waals surface area contributed by atoms with Gasteiger partial charge in [0.25, 0.3) is 0 Å². The van der Waals surface area contributed by atoms with Crippen LogP contribution < -0.4 is 0 Å². The highest BCUT2D eigenvalue weighted by atomic mass is 32.2. The Morgan fingerprint density at radius 2 is 2.43 bits per heavy atom. The van der Waals surface area contributed by atoms with Crippen LogP contribution in [0.2, 0.25) is 0 Å². The van der Waals surface area contributed by atoms with E-state index in [-0.39, 0.29) is 0 Å². The first-order valence-electron chi connectivity index (χ1n) is 4.75. The van der Waals surface area contributed by atoms with Gasteiger partial charge in [0.2, 0.25) is 0 Å². The van der Waals surface area contributed by atoms with Crippen LogP contribution in [0.25, 0.3) is 0 Å². The zero-order chi connectivity index (χ0) is 10.4. The number of thioether (sulfide) groups is 1. The van der Waals surface area contributed by atoms with Crippen LogP contribution in [0.4, 0.5) is 0 Å². The van der Waals surface area contributed by atoms with Crippen molar-refractivity contribution in [3.63, 3.8) is 0 Å². The molecule has 0 bridgehead atoms. The van der Waals surface area contributed by atoms with E-state index in [2.05, 4.69) is 18.8 Å². The molecule has 0 radical (unpaired) electrons. The monoisotopic (exact) mass is 206 g/mol. The summed E-state index contributed by atoms with van der Waals surface area (Å²) >= 11 is 1.79. The Labute approximate surface area is 89.4 Å². The lowest BCUT2D eigenvalue weighted by Gasteiger charge is -2.07. The summed E-state index contributed by atoms with van der Waals surface area (Å²) in [4.78, 5) is 5.07. The third-order valence-corrected chi connectivity index (χ3v) is 3.40. The van der Waals surface area contributed by atoms with E-state index in [0.717, 1.165) is 16.6 Å². The Kier molecular flexibility index (Phi) is 4.48. The van der Waals surface area contributed by atoms with Crippen LogP contribution in [0.3, 0.4) is 0 Å². The van der Waals surface area contributed by atoms with Gasteiger partial charge in [-0.2, -0.15) is 5.26 Å². The van der Waals surface area contributed by atoms with Crippen LogP contribution in [0.1, 0.15) is 26.0 Å². The molecule has 0 aromatic carbocycles. The van der Waals surface area contributed by atoms with Gasteiger partial charge in [0.15, 0.2) is 0 Å². The fraction of sp³-hybridized carbons (Fsp3) is 0.455. The van der Waals surface area contributed by atoms with Gasteiger partial charge in [0.05, 0.1) is 0 Å². The minimum Gasteiger partial charge on any atom is -0.245 e. The Morgan fingerprint density at radius 1 is 1.64 bits per heavy atom. The van der Waals surface area contributed by atoms with Crippen molar-refractivity contribution < 1.29 is 0 Å². The first-order chi connectivity index (χ1) is 6.76. The summed E-state index contributed by atoms with van der Waals surface area (Å²) in [5.41, 5.74) is 0.499. The molecule has 1 aromatic heterocycles. The molecule has 1 aromatic rings. The molecule has 1 unspecified atom stereocenters. The van der Waals surface area contributed by atoms with Gasteiger partial charge in [-0.15, -0.1) is 11.8 Å². The predicted molar refractivity (Wildman–Crippen MR) is 59.1 cm³/mol. The maximum atomic E-state index is 8.66. The van der Waals surface area contributed by atoms with Crippen LogP contribution in [0.5, 0.6) is 0 Å². The standard InChI is InChI=1S/C11H14N2S/c1-3-9(2)8-14-11-4-5-13-10(6-11)7-12/h4-6,9H,3,8H2,1-2H3. The molecule has 0 N–H and O–H groups in total. The van der Waals surface area contributed by atoms with Gasteiger partial charge in [-0.05, 0) is 18.1 Å². The van der Waals surface area contributed by atoms with Crippen LogP contribution in [-0.4, -0.2) is 10.7 Å². The zero-order valence-electron chi connectivity index (χ0n) is 8.53. The zero-order valence-corrected chi connectivity index (χ0v) is 9.34. The summed E-state index contributed by atoms with van der Waals surface area (Å²) < 4.78 is 0. The van der Waals surface area contributed by atoms with E-state index in [9.17, 15) is 0 Å². The number of rotatable bonds is 4. The average Bonchev–Trinajstić information content (AvgIpc) is 2.26. The number of hydrogen-bond donors (Lipinski definition) is 0. The molecule has 74 valence electrons. The highest BCUT2D eigenvalue weighted by Gasteiger charge is 2.01. The molecule has 0 aliphatic carbocycles. The van der Waals surface area contributed by atoms with Gasteiger partial charge >= 0.3 is 0 Å². The maximum absolute atomic E-state index is 8.66. The van der Waals surface area contributed by atoms with E-state index in [0.29, 0.717) is 5.69 Å². The number of aromatic nitrogens is 1. The van der Waals surface area contributed by atoms with Crippen LogP contribution in [0.15, 0.2) is 23.2 Å². The highest BCUT2D eigenvalue weighted by molar-refractivity contribution is 7.99. The fourth-order valence-electron chi connectivity index (χ4n) is 0.918. The lowest BCUT2D eigenvalue weighted by Crippen LogP contribution is -1.95. The van der Waals surface area contributed by atoms with Gasteiger partial charge < -0.3 is 0 Å². The number of hydrogen-bond acceptors (Lipinski definition) is 3. The minimum atomic E-state index is 0.499. The normalized spacial score (nSPS) is 12.1. The SMILES string of the molecule is CCC(C)CSc1ccnc(C#N)c1. The van der Waals surface area contributed by atoms with E-state index in [1.807, 2.05) is 18.2 Å². The molecule has 0 saturated heterocycles. The third kappa shape index (κ3) is 3.39. The molecular formula is C11H14N2S. The summed E-state index contributed by atoms with van der Waals surface area (Å²) in [6.45, 7) is 4.43. The number of nitrogens with zero attached hydrogens (tertiary/aromatic N) is 2. The van der Waals surface area contributed by atoms with Gasteiger partial charge in [-0.3, -0.25) is 0 Å². The molecule has 0 aliphatic heterocycles. The van der Waals surface area contributed by atoms with Crippen molar-refractivity contribution in [2.45, 2.75) is 25.2 Å². The van der Waals surface area contributed by atoms with Gasteiger partial charge in [-0.1, -0.05) is 20.3 Å². The molecular weight excluding hydrogens is 192 g/mol. The summed E-state index contributed by atoms with van der Waals surface area (Å²) in [6, 6.07) is 5.84. The Bertz CT molecular complexity index is 330. The van der Waals surface area contributed by atoms with Crippen LogP contribution in [-0.2, 0) is 0 Å². The van der Waals surface area contributed by atoms with Gasteiger partial charge in [0, 0.05) is 16.8 Å². The summed E-state index contributed by atoms with van der Waals surface area (Å²) in [5, 5.41) is 8.66. The quantitative estimate of drug-likeness (QED) is 0.710. The molecule has 2 nitrogen and oxygen atoms in total. The van der Waals surface area contributed by atoms with Gasteiger partial charge in [-0.25, -0.2) is 4.98 Å². The Hall–Kier alpha value is -1.01. The largest absolute Gasteiger partial charge is 0.245 e. The molecule has 0 aliphatic rings. The van der Waals surface area contributed by atoms with E-state index in [1.54, 1.807) is 18.0 Å². The number of pyridine rings is 1. The predicted octanol–water partition coefficient (Wildman–Crippen LogP) is 3.09. The van der Waals surface area contributed by atoms with E-state index in [1.165, 1.54) is 6.42 Å². The van der Waals surface area contributed by atoms with Crippen molar-refractivity contribution in [2.24, 2.45) is 5.92 Å². The molecule has 0 spiro atoms. The van der Waals surface area contributed by atoms with Crippen LogP contribution in [0, 0.1) is 17.2 Å². The second kappa shape index (κ2) is 5.66. The molecule has 14 heavy (non-hydrogen) atoms. The average molecular weight is 206 g/mol. The molecule has 3 heteroatoms. The molecule has 1 rings (SSSR count). The van der Waals surface area contributed by atoms with Crippen molar-refractivity contribution in [3.05, 3.63) is 24.0 Å². The minimum absolute atomic E-state index is 0.499. The van der Waals surface area contributed by atoms with Crippen molar-refractivity contribution in [1.29, 1.82) is 5.26 Å². The lowest BCUT2D eigenvalue weighted by molar-refractivity contribution is 0.637. The second-order valence-corrected chi connectivity index (χ2v) is 4.41. The van der Waals surface area contributed by atoms with Gasteiger partial charge in [0.1, 0.15) is 11.8 Å². The number of nitriles is 1. The third-order valence-electron chi connectivity index (χ3n) is 2.08. The van der Waals surface area contributed by atoms with Crippen LogP contribution >= 0.6 is 11.8 Å². The molecule has 0 amide bonds. The molecule has 0 saturated carbocycles. The summed E-state index contributed by atoms with van der Waals surface area (Å²) in [7, 11) is 0. The highest BCUT2D eigenvalue weighted by Crippen LogP contribution is 2.21.